The monoisotopic (exact) mass is 362 g/mol. The van der Waals surface area contributed by atoms with Gasteiger partial charge in [-0.2, -0.15) is 0 Å². The lowest BCUT2D eigenvalue weighted by Gasteiger charge is -2.10. The van der Waals surface area contributed by atoms with Crippen LogP contribution in [0.5, 0.6) is 0 Å². The number of esters is 2. The molecule has 1 aromatic rings. The zero-order valence-electron chi connectivity index (χ0n) is 16.4. The minimum absolute atomic E-state index is 0.286. The largest absolute Gasteiger partial charge is 0.462 e. The smallest absolute Gasteiger partial charge is 0.339 e. The first-order valence-electron chi connectivity index (χ1n) is 10.1. The lowest BCUT2D eigenvalue weighted by molar-refractivity contribution is 0.0450. The van der Waals surface area contributed by atoms with Crippen LogP contribution in [0.15, 0.2) is 24.3 Å². The molecule has 0 saturated carbocycles. The molecular weight excluding hydrogens is 328 g/mol. The van der Waals surface area contributed by atoms with E-state index in [-0.39, 0.29) is 11.1 Å². The molecule has 0 aliphatic heterocycles. The van der Waals surface area contributed by atoms with Crippen molar-refractivity contribution in [2.45, 2.75) is 78.1 Å². The van der Waals surface area contributed by atoms with E-state index in [9.17, 15) is 9.59 Å². The van der Waals surface area contributed by atoms with Gasteiger partial charge in [-0.3, -0.25) is 0 Å². The summed E-state index contributed by atoms with van der Waals surface area (Å²) in [5.74, 6) is -0.901. The minimum Gasteiger partial charge on any atom is -0.462 e. The number of carbonyl (C=O) groups excluding carboxylic acids is 2. The van der Waals surface area contributed by atoms with Crippen molar-refractivity contribution in [2.75, 3.05) is 13.2 Å². The summed E-state index contributed by atoms with van der Waals surface area (Å²) in [4.78, 5) is 24.5. The van der Waals surface area contributed by atoms with E-state index in [2.05, 4.69) is 13.8 Å². The number of hydrogen-bond acceptors (Lipinski definition) is 4. The van der Waals surface area contributed by atoms with Crippen LogP contribution in [0.2, 0.25) is 0 Å². The van der Waals surface area contributed by atoms with Gasteiger partial charge in [0.15, 0.2) is 0 Å². The maximum Gasteiger partial charge on any atom is 0.339 e. The van der Waals surface area contributed by atoms with Gasteiger partial charge in [-0.1, -0.05) is 77.3 Å². The first kappa shape index (κ1) is 22.2. The van der Waals surface area contributed by atoms with Gasteiger partial charge in [0, 0.05) is 0 Å². The molecule has 4 nitrogen and oxygen atoms in total. The number of carbonyl (C=O) groups is 2. The van der Waals surface area contributed by atoms with E-state index in [1.807, 2.05) is 0 Å². The third-order valence-corrected chi connectivity index (χ3v) is 4.33. The van der Waals surface area contributed by atoms with Gasteiger partial charge in [0.25, 0.3) is 0 Å². The Labute approximate surface area is 158 Å². The third-order valence-electron chi connectivity index (χ3n) is 4.33. The molecule has 0 N–H and O–H groups in total. The number of ether oxygens (including phenoxy) is 2. The summed E-state index contributed by atoms with van der Waals surface area (Å²) >= 11 is 0. The van der Waals surface area contributed by atoms with Crippen molar-refractivity contribution >= 4 is 11.9 Å². The van der Waals surface area contributed by atoms with Gasteiger partial charge < -0.3 is 9.47 Å². The molecule has 0 amide bonds. The highest BCUT2D eigenvalue weighted by molar-refractivity contribution is 6.03. The van der Waals surface area contributed by atoms with Gasteiger partial charge in [-0.15, -0.1) is 0 Å². The Morgan fingerprint density at radius 1 is 0.654 bits per heavy atom. The summed E-state index contributed by atoms with van der Waals surface area (Å²) in [6, 6.07) is 6.70. The molecule has 0 saturated heterocycles. The topological polar surface area (TPSA) is 52.6 Å². The maximum absolute atomic E-state index is 12.3. The van der Waals surface area contributed by atoms with Crippen molar-refractivity contribution in [3.05, 3.63) is 35.4 Å². The standard InChI is InChI=1S/C22H34O4/c1-3-5-7-8-9-10-14-18-26-22(24)20-16-12-11-15-19(20)21(23)25-17-13-6-4-2/h11-12,15-16H,3-10,13-14,17-18H2,1-2H3. The summed E-state index contributed by atoms with van der Waals surface area (Å²) in [5, 5.41) is 0. The van der Waals surface area contributed by atoms with Crippen LogP contribution in [0, 0.1) is 0 Å². The first-order chi connectivity index (χ1) is 12.7. The van der Waals surface area contributed by atoms with Crippen molar-refractivity contribution in [1.82, 2.24) is 0 Å². The highest BCUT2D eigenvalue weighted by Crippen LogP contribution is 2.13. The predicted octanol–water partition coefficient (Wildman–Crippen LogP) is 5.94. The summed E-state index contributed by atoms with van der Waals surface area (Å²) < 4.78 is 10.6. The van der Waals surface area contributed by atoms with Crippen molar-refractivity contribution in [3.63, 3.8) is 0 Å². The molecule has 0 aromatic heterocycles. The summed E-state index contributed by atoms with van der Waals surface area (Å²) in [5.41, 5.74) is 0.574. The molecule has 26 heavy (non-hydrogen) atoms. The lowest BCUT2D eigenvalue weighted by Crippen LogP contribution is -2.15. The third kappa shape index (κ3) is 9.02. The van der Waals surface area contributed by atoms with E-state index in [0.717, 1.165) is 32.1 Å². The van der Waals surface area contributed by atoms with E-state index in [1.54, 1.807) is 24.3 Å². The molecule has 146 valence electrons. The Balaban J connectivity index is 2.38. The summed E-state index contributed by atoms with van der Waals surface area (Å²) in [6.07, 6.45) is 11.1. The predicted molar refractivity (Wildman–Crippen MR) is 105 cm³/mol. The Hall–Kier alpha value is -1.84. The highest BCUT2D eigenvalue weighted by atomic mass is 16.5. The quantitative estimate of drug-likeness (QED) is 0.303. The second-order valence-corrected chi connectivity index (χ2v) is 6.65. The molecule has 0 fully saturated rings. The molecule has 1 aromatic carbocycles. The zero-order valence-corrected chi connectivity index (χ0v) is 16.4. The molecule has 4 heteroatoms. The number of rotatable bonds is 14. The number of unbranched alkanes of at least 4 members (excludes halogenated alkanes) is 8. The van der Waals surface area contributed by atoms with E-state index < -0.39 is 11.9 Å². The van der Waals surface area contributed by atoms with Gasteiger partial charge in [0.05, 0.1) is 24.3 Å². The Kier molecular flexibility index (Phi) is 12.2. The summed E-state index contributed by atoms with van der Waals surface area (Å²) in [6.45, 7) is 5.08. The first-order valence-corrected chi connectivity index (χ1v) is 10.1. The summed E-state index contributed by atoms with van der Waals surface area (Å²) in [7, 11) is 0. The van der Waals surface area contributed by atoms with Gasteiger partial charge in [0.2, 0.25) is 0 Å². The number of benzene rings is 1. The van der Waals surface area contributed by atoms with Crippen LogP contribution in [-0.2, 0) is 9.47 Å². The van der Waals surface area contributed by atoms with Crippen LogP contribution >= 0.6 is 0 Å². The Morgan fingerprint density at radius 2 is 1.04 bits per heavy atom. The molecule has 0 unspecified atom stereocenters. The van der Waals surface area contributed by atoms with Crippen molar-refractivity contribution < 1.29 is 19.1 Å². The van der Waals surface area contributed by atoms with E-state index >= 15 is 0 Å². The molecule has 1 rings (SSSR count). The fourth-order valence-corrected chi connectivity index (χ4v) is 2.74. The fraction of sp³-hybridized carbons (Fsp3) is 0.636. The van der Waals surface area contributed by atoms with Crippen molar-refractivity contribution in [2.24, 2.45) is 0 Å². The Bertz CT molecular complexity index is 525. The Morgan fingerprint density at radius 3 is 1.54 bits per heavy atom. The molecule has 0 aliphatic carbocycles. The van der Waals surface area contributed by atoms with Gasteiger partial charge in [0.1, 0.15) is 0 Å². The number of hydrogen-bond donors (Lipinski definition) is 0. The average Bonchev–Trinajstić information content (AvgIpc) is 2.67. The molecule has 0 spiro atoms. The lowest BCUT2D eigenvalue weighted by atomic mass is 10.1. The van der Waals surface area contributed by atoms with Crippen LogP contribution < -0.4 is 0 Å². The van der Waals surface area contributed by atoms with Gasteiger partial charge in [-0.05, 0) is 25.0 Å². The van der Waals surface area contributed by atoms with Crippen LogP contribution in [0.25, 0.3) is 0 Å². The molecule has 0 bridgehead atoms. The van der Waals surface area contributed by atoms with E-state index in [4.69, 9.17) is 9.47 Å². The van der Waals surface area contributed by atoms with Crippen LogP contribution in [0.1, 0.15) is 98.8 Å². The van der Waals surface area contributed by atoms with E-state index in [0.29, 0.717) is 13.2 Å². The van der Waals surface area contributed by atoms with Gasteiger partial charge in [-0.25, -0.2) is 9.59 Å². The van der Waals surface area contributed by atoms with Crippen LogP contribution in [0.4, 0.5) is 0 Å². The average molecular weight is 363 g/mol. The van der Waals surface area contributed by atoms with Crippen LogP contribution in [-0.4, -0.2) is 25.2 Å². The minimum atomic E-state index is -0.454. The molecular formula is C22H34O4. The second-order valence-electron chi connectivity index (χ2n) is 6.65. The maximum atomic E-state index is 12.3. The highest BCUT2D eigenvalue weighted by Gasteiger charge is 2.18. The SMILES string of the molecule is CCCCCCCCCOC(=O)c1ccccc1C(=O)OCCCCC. The molecule has 0 atom stereocenters. The van der Waals surface area contributed by atoms with Gasteiger partial charge >= 0.3 is 11.9 Å². The molecule has 0 radical (unpaired) electrons. The second kappa shape index (κ2) is 14.3. The molecule has 0 aliphatic rings. The van der Waals surface area contributed by atoms with Crippen molar-refractivity contribution in [3.8, 4) is 0 Å². The normalized spacial score (nSPS) is 10.5. The van der Waals surface area contributed by atoms with E-state index in [1.165, 1.54) is 32.1 Å². The fourth-order valence-electron chi connectivity index (χ4n) is 2.74. The van der Waals surface area contributed by atoms with Crippen LogP contribution in [0.3, 0.4) is 0 Å². The molecule has 0 heterocycles. The zero-order chi connectivity index (χ0) is 19.0. The van der Waals surface area contributed by atoms with Crippen molar-refractivity contribution in [1.29, 1.82) is 0 Å².